The number of urea groups is 1. The minimum Gasteiger partial charge on any atom is -0.464 e. The second-order valence-electron chi connectivity index (χ2n) is 8.26. The molecule has 2 amide bonds. The third-order valence-electron chi connectivity index (χ3n) is 5.76. The van der Waals surface area contributed by atoms with Gasteiger partial charge in [-0.05, 0) is 41.5 Å². The SMILES string of the molecule is O=C(NC1CCOC1=O)N[C@@](Cc1ccccc1)(c1cc(F)cc(C(F)(F)F)c1)c1ccc(Cl)cn1. The molecular formula is C25H20ClF4N3O3. The van der Waals surface area contributed by atoms with Crippen molar-refractivity contribution >= 4 is 23.6 Å². The van der Waals surface area contributed by atoms with Crippen LogP contribution in [0, 0.1) is 5.82 Å². The molecule has 0 saturated carbocycles. The summed E-state index contributed by atoms with van der Waals surface area (Å²) in [6.07, 6.45) is -3.44. The van der Waals surface area contributed by atoms with Crippen LogP contribution in [-0.4, -0.2) is 29.6 Å². The average Bonchev–Trinajstić information content (AvgIpc) is 3.22. The van der Waals surface area contributed by atoms with Crippen molar-refractivity contribution < 1.29 is 31.9 Å². The van der Waals surface area contributed by atoms with Gasteiger partial charge in [-0.1, -0.05) is 41.9 Å². The first-order valence-electron chi connectivity index (χ1n) is 10.9. The van der Waals surface area contributed by atoms with E-state index < -0.39 is 41.1 Å². The number of benzene rings is 2. The Labute approximate surface area is 208 Å². The van der Waals surface area contributed by atoms with Crippen molar-refractivity contribution in [2.45, 2.75) is 30.6 Å². The van der Waals surface area contributed by atoms with Gasteiger partial charge >= 0.3 is 18.2 Å². The molecule has 36 heavy (non-hydrogen) atoms. The molecule has 2 N–H and O–H groups in total. The van der Waals surface area contributed by atoms with Gasteiger partial charge in [-0.3, -0.25) is 4.98 Å². The number of ether oxygens (including phenoxy) is 1. The van der Waals surface area contributed by atoms with Crippen LogP contribution >= 0.6 is 11.6 Å². The van der Waals surface area contributed by atoms with Crippen LogP contribution in [0.15, 0.2) is 66.9 Å². The van der Waals surface area contributed by atoms with Crippen molar-refractivity contribution in [3.8, 4) is 0 Å². The van der Waals surface area contributed by atoms with E-state index in [0.717, 1.165) is 12.1 Å². The molecule has 188 valence electrons. The molecule has 1 aromatic heterocycles. The summed E-state index contributed by atoms with van der Waals surface area (Å²) in [4.78, 5) is 29.3. The summed E-state index contributed by atoms with van der Waals surface area (Å²) in [7, 11) is 0. The Kier molecular flexibility index (Phi) is 7.16. The Morgan fingerprint density at radius 2 is 1.81 bits per heavy atom. The van der Waals surface area contributed by atoms with Gasteiger partial charge in [-0.15, -0.1) is 0 Å². The van der Waals surface area contributed by atoms with Crippen molar-refractivity contribution in [1.29, 1.82) is 0 Å². The predicted molar refractivity (Wildman–Crippen MR) is 123 cm³/mol. The van der Waals surface area contributed by atoms with Crippen LogP contribution in [0.3, 0.4) is 0 Å². The van der Waals surface area contributed by atoms with E-state index in [1.54, 1.807) is 30.3 Å². The molecule has 6 nitrogen and oxygen atoms in total. The fraction of sp³-hybridized carbons (Fsp3) is 0.240. The van der Waals surface area contributed by atoms with Gasteiger partial charge in [-0.2, -0.15) is 13.2 Å². The molecule has 3 aromatic rings. The number of halogens is 5. The standard InChI is InChI=1S/C25H20ClF4N3O3/c26-18-6-7-21(31-14-18)24(13-15-4-2-1-3-5-15,33-23(35)32-20-8-9-36-22(20)34)16-10-17(25(28,29)30)12-19(27)11-16/h1-7,10-12,14,20H,8-9,13H2,(H2,32,33,35)/t20?,24-/m0/s1. The fourth-order valence-electron chi connectivity index (χ4n) is 4.07. The van der Waals surface area contributed by atoms with Crippen LogP contribution in [-0.2, 0) is 27.7 Å². The molecule has 2 aromatic carbocycles. The lowest BCUT2D eigenvalue weighted by Crippen LogP contribution is -2.55. The number of amides is 2. The topological polar surface area (TPSA) is 80.3 Å². The molecule has 1 fully saturated rings. The first-order chi connectivity index (χ1) is 17.1. The van der Waals surface area contributed by atoms with Crippen LogP contribution < -0.4 is 10.6 Å². The van der Waals surface area contributed by atoms with E-state index in [-0.39, 0.29) is 35.7 Å². The van der Waals surface area contributed by atoms with E-state index in [2.05, 4.69) is 15.6 Å². The highest BCUT2D eigenvalue weighted by Gasteiger charge is 2.41. The van der Waals surface area contributed by atoms with Gasteiger partial charge in [0.1, 0.15) is 17.4 Å². The van der Waals surface area contributed by atoms with E-state index in [0.29, 0.717) is 11.6 Å². The Bertz CT molecular complexity index is 1260. The third kappa shape index (κ3) is 5.59. The molecule has 0 radical (unpaired) electrons. The lowest BCUT2D eigenvalue weighted by atomic mass is 9.79. The summed E-state index contributed by atoms with van der Waals surface area (Å²) in [5.74, 6) is -1.78. The average molecular weight is 522 g/mol. The molecule has 0 spiro atoms. The van der Waals surface area contributed by atoms with E-state index >= 15 is 0 Å². The van der Waals surface area contributed by atoms with Crippen LogP contribution in [0.1, 0.15) is 28.8 Å². The molecule has 0 bridgehead atoms. The van der Waals surface area contributed by atoms with E-state index in [9.17, 15) is 27.2 Å². The van der Waals surface area contributed by atoms with Gasteiger partial charge in [0, 0.05) is 19.0 Å². The second kappa shape index (κ2) is 10.1. The number of nitrogens with one attached hydrogen (secondary N) is 2. The largest absolute Gasteiger partial charge is 0.464 e. The molecule has 4 rings (SSSR count). The van der Waals surface area contributed by atoms with Crippen molar-refractivity contribution in [1.82, 2.24) is 15.6 Å². The molecule has 2 atom stereocenters. The number of pyridine rings is 1. The molecule has 11 heteroatoms. The van der Waals surface area contributed by atoms with Crippen LogP contribution in [0.2, 0.25) is 5.02 Å². The first-order valence-corrected chi connectivity index (χ1v) is 11.2. The number of rotatable bonds is 6. The maximum absolute atomic E-state index is 14.6. The van der Waals surface area contributed by atoms with Crippen LogP contribution in [0.5, 0.6) is 0 Å². The Morgan fingerprint density at radius 1 is 1.08 bits per heavy atom. The van der Waals surface area contributed by atoms with Gasteiger partial charge in [0.2, 0.25) is 0 Å². The minimum atomic E-state index is -4.85. The van der Waals surface area contributed by atoms with E-state index in [1.807, 2.05) is 0 Å². The third-order valence-corrected chi connectivity index (χ3v) is 5.99. The van der Waals surface area contributed by atoms with Crippen LogP contribution in [0.4, 0.5) is 22.4 Å². The Balaban J connectivity index is 1.89. The molecular weight excluding hydrogens is 502 g/mol. The number of cyclic esters (lactones) is 1. The summed E-state index contributed by atoms with van der Waals surface area (Å²) in [5.41, 5.74) is -2.48. The van der Waals surface area contributed by atoms with E-state index in [1.165, 1.54) is 18.3 Å². The van der Waals surface area contributed by atoms with Crippen molar-refractivity contribution in [3.63, 3.8) is 0 Å². The number of aromatic nitrogens is 1. The monoisotopic (exact) mass is 521 g/mol. The molecule has 2 heterocycles. The van der Waals surface area contributed by atoms with Gasteiger partial charge < -0.3 is 15.4 Å². The van der Waals surface area contributed by atoms with Gasteiger partial charge in [0.25, 0.3) is 0 Å². The second-order valence-corrected chi connectivity index (χ2v) is 8.70. The number of carbonyl (C=O) groups is 2. The van der Waals surface area contributed by atoms with Crippen LogP contribution in [0.25, 0.3) is 0 Å². The minimum absolute atomic E-state index is 0.0915. The number of nitrogens with zero attached hydrogens (tertiary/aromatic N) is 1. The molecule has 0 aliphatic carbocycles. The summed E-state index contributed by atoms with van der Waals surface area (Å²) in [6, 6.07) is 11.8. The number of alkyl halides is 3. The summed E-state index contributed by atoms with van der Waals surface area (Å²) in [6.45, 7) is 0.122. The Hall–Kier alpha value is -3.66. The quantitative estimate of drug-likeness (QED) is 0.354. The molecule has 1 aliphatic heterocycles. The highest BCUT2D eigenvalue weighted by Crippen LogP contribution is 2.38. The molecule has 1 aliphatic rings. The maximum atomic E-state index is 14.6. The van der Waals surface area contributed by atoms with Gasteiger partial charge in [0.15, 0.2) is 0 Å². The summed E-state index contributed by atoms with van der Waals surface area (Å²) >= 11 is 5.99. The number of carbonyl (C=O) groups excluding carboxylic acids is 2. The highest BCUT2D eigenvalue weighted by molar-refractivity contribution is 6.30. The van der Waals surface area contributed by atoms with Crippen molar-refractivity contribution in [2.75, 3.05) is 6.61 Å². The Morgan fingerprint density at radius 3 is 2.42 bits per heavy atom. The zero-order valence-electron chi connectivity index (χ0n) is 18.6. The number of esters is 1. The van der Waals surface area contributed by atoms with Gasteiger partial charge in [-0.25, -0.2) is 14.0 Å². The summed E-state index contributed by atoms with van der Waals surface area (Å²) < 4.78 is 60.4. The fourth-order valence-corrected chi connectivity index (χ4v) is 4.18. The lowest BCUT2D eigenvalue weighted by molar-refractivity contribution is -0.139. The normalized spacial score (nSPS) is 17.2. The molecule has 1 unspecified atom stereocenters. The zero-order valence-corrected chi connectivity index (χ0v) is 19.4. The van der Waals surface area contributed by atoms with Crippen molar-refractivity contribution in [3.05, 3.63) is 100 Å². The predicted octanol–water partition coefficient (Wildman–Crippen LogP) is 4.99. The number of hydrogen-bond donors (Lipinski definition) is 2. The number of hydrogen-bond acceptors (Lipinski definition) is 4. The summed E-state index contributed by atoms with van der Waals surface area (Å²) in [5, 5.41) is 5.42. The van der Waals surface area contributed by atoms with Crippen molar-refractivity contribution in [2.24, 2.45) is 0 Å². The highest BCUT2D eigenvalue weighted by atomic mass is 35.5. The molecule has 1 saturated heterocycles. The lowest BCUT2D eigenvalue weighted by Gasteiger charge is -2.36. The maximum Gasteiger partial charge on any atom is 0.416 e. The van der Waals surface area contributed by atoms with E-state index in [4.69, 9.17) is 16.3 Å². The smallest absolute Gasteiger partial charge is 0.416 e. The first kappa shape index (κ1) is 25.4. The van der Waals surface area contributed by atoms with Gasteiger partial charge in [0.05, 0.1) is 22.9 Å². The zero-order chi connectivity index (χ0) is 25.9.